The van der Waals surface area contributed by atoms with Crippen molar-refractivity contribution in [2.75, 3.05) is 13.2 Å². The summed E-state index contributed by atoms with van der Waals surface area (Å²) in [5.41, 5.74) is -1.39. The van der Waals surface area contributed by atoms with E-state index in [0.717, 1.165) is 0 Å². The smallest absolute Gasteiger partial charge is 0.200 e. The van der Waals surface area contributed by atoms with E-state index in [0.29, 0.717) is 0 Å². The number of hydrogen-bond donors (Lipinski definition) is 0. The Morgan fingerprint density at radius 1 is 0.944 bits per heavy atom. The zero-order valence-electron chi connectivity index (χ0n) is 8.90. The number of rotatable bonds is 2. The molecule has 0 aliphatic carbocycles. The van der Waals surface area contributed by atoms with E-state index < -0.39 is 46.4 Å². The van der Waals surface area contributed by atoms with Gasteiger partial charge in [-0.05, 0) is 6.42 Å². The first-order valence-corrected chi connectivity index (χ1v) is 5.08. The molecule has 18 heavy (non-hydrogen) atoms. The summed E-state index contributed by atoms with van der Waals surface area (Å²) in [6, 6.07) is 0. The standard InChI is InChI=1S/C11H7F5O2/c12-6-5(11(17)4-1-2-18-3-4)7(13)9(15)10(16)8(6)14/h4H,1-3H2. The lowest BCUT2D eigenvalue weighted by Crippen LogP contribution is -2.20. The monoisotopic (exact) mass is 266 g/mol. The number of ketones is 1. The second-order valence-electron chi connectivity index (χ2n) is 3.87. The van der Waals surface area contributed by atoms with Gasteiger partial charge in [-0.2, -0.15) is 0 Å². The van der Waals surface area contributed by atoms with E-state index in [-0.39, 0.29) is 19.6 Å². The van der Waals surface area contributed by atoms with E-state index in [2.05, 4.69) is 0 Å². The van der Waals surface area contributed by atoms with Gasteiger partial charge in [-0.1, -0.05) is 0 Å². The van der Waals surface area contributed by atoms with Crippen LogP contribution in [0.2, 0.25) is 0 Å². The lowest BCUT2D eigenvalue weighted by Gasteiger charge is -2.10. The minimum atomic E-state index is -2.27. The molecule has 1 aliphatic rings. The van der Waals surface area contributed by atoms with Crippen LogP contribution in [0.15, 0.2) is 0 Å². The second-order valence-corrected chi connectivity index (χ2v) is 3.87. The molecule has 1 aromatic carbocycles. The first-order valence-electron chi connectivity index (χ1n) is 5.08. The van der Waals surface area contributed by atoms with Gasteiger partial charge in [0.2, 0.25) is 5.82 Å². The summed E-state index contributed by atoms with van der Waals surface area (Å²) in [5, 5.41) is 0. The van der Waals surface area contributed by atoms with Gasteiger partial charge in [0, 0.05) is 12.5 Å². The van der Waals surface area contributed by atoms with Crippen LogP contribution in [-0.4, -0.2) is 19.0 Å². The zero-order chi connectivity index (χ0) is 13.4. The van der Waals surface area contributed by atoms with Crippen LogP contribution in [0, 0.1) is 35.0 Å². The molecule has 1 heterocycles. The van der Waals surface area contributed by atoms with E-state index in [1.54, 1.807) is 0 Å². The molecule has 2 nitrogen and oxygen atoms in total. The Morgan fingerprint density at radius 2 is 1.44 bits per heavy atom. The Kier molecular flexibility index (Phi) is 3.34. The summed E-state index contributed by atoms with van der Waals surface area (Å²) in [5.74, 6) is -12.7. The highest BCUT2D eigenvalue weighted by molar-refractivity contribution is 5.98. The highest BCUT2D eigenvalue weighted by Gasteiger charge is 2.34. The third kappa shape index (κ3) is 1.88. The highest BCUT2D eigenvalue weighted by atomic mass is 19.2. The average molecular weight is 266 g/mol. The van der Waals surface area contributed by atoms with Gasteiger partial charge < -0.3 is 4.74 Å². The van der Waals surface area contributed by atoms with Gasteiger partial charge in [0.25, 0.3) is 0 Å². The van der Waals surface area contributed by atoms with Gasteiger partial charge >= 0.3 is 0 Å². The number of carbonyl (C=O) groups is 1. The predicted molar refractivity (Wildman–Crippen MR) is 49.5 cm³/mol. The summed E-state index contributed by atoms with van der Waals surface area (Å²) in [7, 11) is 0. The fraction of sp³-hybridized carbons (Fsp3) is 0.364. The first-order chi connectivity index (χ1) is 8.45. The van der Waals surface area contributed by atoms with Crippen LogP contribution in [0.4, 0.5) is 22.0 Å². The topological polar surface area (TPSA) is 26.3 Å². The van der Waals surface area contributed by atoms with Crippen LogP contribution in [-0.2, 0) is 4.74 Å². The van der Waals surface area contributed by atoms with Crippen molar-refractivity contribution < 1.29 is 31.5 Å². The maximum Gasteiger partial charge on any atom is 0.200 e. The molecule has 0 aromatic heterocycles. The molecule has 2 rings (SSSR count). The number of halogens is 5. The molecule has 7 heteroatoms. The quantitative estimate of drug-likeness (QED) is 0.356. The Labute approximate surface area is 98.4 Å². The van der Waals surface area contributed by atoms with Crippen molar-refractivity contribution in [3.05, 3.63) is 34.6 Å². The summed E-state index contributed by atoms with van der Waals surface area (Å²) in [6.07, 6.45) is 0.193. The van der Waals surface area contributed by atoms with Gasteiger partial charge in [-0.25, -0.2) is 22.0 Å². The van der Waals surface area contributed by atoms with E-state index in [1.807, 2.05) is 0 Å². The molecule has 0 saturated carbocycles. The van der Waals surface area contributed by atoms with E-state index in [9.17, 15) is 26.7 Å². The van der Waals surface area contributed by atoms with Crippen molar-refractivity contribution in [3.63, 3.8) is 0 Å². The van der Waals surface area contributed by atoms with E-state index in [4.69, 9.17) is 4.74 Å². The third-order valence-electron chi connectivity index (χ3n) is 2.76. The highest BCUT2D eigenvalue weighted by Crippen LogP contribution is 2.27. The summed E-state index contributed by atoms with van der Waals surface area (Å²) >= 11 is 0. The Bertz CT molecular complexity index is 480. The van der Waals surface area contributed by atoms with Crippen molar-refractivity contribution in [1.82, 2.24) is 0 Å². The maximum absolute atomic E-state index is 13.3. The fourth-order valence-corrected chi connectivity index (χ4v) is 1.77. The molecule has 0 spiro atoms. The summed E-state index contributed by atoms with van der Waals surface area (Å²) in [6.45, 7) is 0.129. The van der Waals surface area contributed by atoms with E-state index >= 15 is 0 Å². The molecular formula is C11H7F5O2. The Balaban J connectivity index is 2.53. The third-order valence-corrected chi connectivity index (χ3v) is 2.76. The molecular weight excluding hydrogens is 259 g/mol. The van der Waals surface area contributed by atoms with Crippen LogP contribution in [0.1, 0.15) is 16.8 Å². The predicted octanol–water partition coefficient (Wildman–Crippen LogP) is 2.60. The Morgan fingerprint density at radius 3 is 1.89 bits per heavy atom. The molecule has 0 N–H and O–H groups in total. The van der Waals surface area contributed by atoms with Crippen molar-refractivity contribution in [3.8, 4) is 0 Å². The minimum absolute atomic E-state index is 0.0850. The second kappa shape index (κ2) is 4.64. The maximum atomic E-state index is 13.3. The number of carbonyl (C=O) groups excluding carboxylic acids is 1. The van der Waals surface area contributed by atoms with Gasteiger partial charge in [0.05, 0.1) is 12.2 Å². The van der Waals surface area contributed by atoms with Gasteiger partial charge in [0.1, 0.15) is 0 Å². The van der Waals surface area contributed by atoms with Crippen molar-refractivity contribution in [1.29, 1.82) is 0 Å². The molecule has 1 aliphatic heterocycles. The van der Waals surface area contributed by atoms with Gasteiger partial charge in [-0.15, -0.1) is 0 Å². The number of Topliss-reactive ketones (excluding diaryl/α,β-unsaturated/α-hetero) is 1. The minimum Gasteiger partial charge on any atom is -0.381 e. The number of benzene rings is 1. The van der Waals surface area contributed by atoms with Crippen LogP contribution in [0.3, 0.4) is 0 Å². The largest absolute Gasteiger partial charge is 0.381 e. The van der Waals surface area contributed by atoms with Crippen molar-refractivity contribution in [2.45, 2.75) is 6.42 Å². The van der Waals surface area contributed by atoms with Gasteiger partial charge in [0.15, 0.2) is 29.1 Å². The van der Waals surface area contributed by atoms with Crippen LogP contribution in [0.25, 0.3) is 0 Å². The van der Waals surface area contributed by atoms with E-state index in [1.165, 1.54) is 0 Å². The van der Waals surface area contributed by atoms with Crippen molar-refractivity contribution in [2.24, 2.45) is 5.92 Å². The molecule has 1 atom stereocenters. The molecule has 1 saturated heterocycles. The molecule has 1 aromatic rings. The molecule has 1 unspecified atom stereocenters. The van der Waals surface area contributed by atoms with Crippen molar-refractivity contribution >= 4 is 5.78 Å². The molecule has 0 radical (unpaired) electrons. The molecule has 98 valence electrons. The lowest BCUT2D eigenvalue weighted by molar-refractivity contribution is 0.0888. The Hall–Kier alpha value is -1.50. The number of ether oxygens (including phenoxy) is 1. The lowest BCUT2D eigenvalue weighted by atomic mass is 9.96. The fourth-order valence-electron chi connectivity index (χ4n) is 1.77. The zero-order valence-corrected chi connectivity index (χ0v) is 8.90. The van der Waals surface area contributed by atoms with Crippen LogP contribution in [0.5, 0.6) is 0 Å². The summed E-state index contributed by atoms with van der Waals surface area (Å²) < 4.78 is 70.1. The van der Waals surface area contributed by atoms with Crippen LogP contribution < -0.4 is 0 Å². The molecule has 0 amide bonds. The summed E-state index contributed by atoms with van der Waals surface area (Å²) in [4.78, 5) is 11.7. The van der Waals surface area contributed by atoms with Gasteiger partial charge in [-0.3, -0.25) is 4.79 Å². The first kappa shape index (κ1) is 12.9. The van der Waals surface area contributed by atoms with Crippen LogP contribution >= 0.6 is 0 Å². The average Bonchev–Trinajstić information content (AvgIpc) is 2.88. The SMILES string of the molecule is O=C(c1c(F)c(F)c(F)c(F)c1F)C1CCOC1. The normalized spacial score (nSPS) is 19.3. The number of hydrogen-bond acceptors (Lipinski definition) is 2. The molecule has 0 bridgehead atoms. The molecule has 1 fully saturated rings.